The first-order chi connectivity index (χ1) is 17.7. The van der Waals surface area contributed by atoms with Crippen molar-refractivity contribution >= 4 is 38.7 Å². The third kappa shape index (κ3) is 4.53. The van der Waals surface area contributed by atoms with Crippen LogP contribution >= 0.6 is 11.8 Å². The summed E-state index contributed by atoms with van der Waals surface area (Å²) >= 11 is 1.19. The topological polar surface area (TPSA) is 122 Å². The highest BCUT2D eigenvalue weighted by Crippen LogP contribution is 2.70. The predicted molar refractivity (Wildman–Crippen MR) is 148 cm³/mol. The Bertz CT molecular complexity index is 1080. The lowest BCUT2D eigenvalue weighted by Crippen LogP contribution is -2.63. The van der Waals surface area contributed by atoms with Gasteiger partial charge in [0.05, 0.1) is 29.5 Å². The third-order valence-corrected chi connectivity index (χ3v) is 13.2. The van der Waals surface area contributed by atoms with Crippen LogP contribution in [0.3, 0.4) is 0 Å². The first kappa shape index (κ1) is 29.8. The van der Waals surface area contributed by atoms with Crippen molar-refractivity contribution in [3.05, 3.63) is 0 Å². The Morgan fingerprint density at radius 1 is 1.24 bits per heavy atom. The van der Waals surface area contributed by atoms with Gasteiger partial charge in [-0.2, -0.15) is 0 Å². The first-order valence-corrected chi connectivity index (χ1v) is 16.6. The number of hydrogen-bond acceptors (Lipinski definition) is 8. The smallest absolute Gasteiger partial charge is 0.253 e. The quantitative estimate of drug-likeness (QED) is 0.433. The molecule has 2 bridgehead atoms. The molecule has 2 aliphatic carbocycles. The van der Waals surface area contributed by atoms with Crippen molar-refractivity contribution < 1.29 is 27.5 Å². The lowest BCUT2D eigenvalue weighted by atomic mass is 9.69. The molecule has 2 heterocycles. The van der Waals surface area contributed by atoms with Gasteiger partial charge in [0.15, 0.2) is 5.12 Å². The van der Waals surface area contributed by atoms with Crippen molar-refractivity contribution in [3.63, 3.8) is 0 Å². The second-order valence-electron chi connectivity index (χ2n) is 12.5. The summed E-state index contributed by atoms with van der Waals surface area (Å²) in [5, 5.41) is 6.30. The molecule has 9 nitrogen and oxygen atoms in total. The van der Waals surface area contributed by atoms with E-state index in [0.29, 0.717) is 24.5 Å². The molecule has 2 saturated heterocycles. The number of ether oxygens (including phenoxy) is 1. The molecule has 4 fully saturated rings. The van der Waals surface area contributed by atoms with Crippen LogP contribution in [0.15, 0.2) is 0 Å². The summed E-state index contributed by atoms with van der Waals surface area (Å²) < 4.78 is 34.2. The van der Waals surface area contributed by atoms with Crippen LogP contribution in [0.1, 0.15) is 80.1 Å². The van der Waals surface area contributed by atoms with E-state index >= 15 is 0 Å². The Morgan fingerprint density at radius 3 is 2.47 bits per heavy atom. The minimum absolute atomic E-state index is 0.0108. The van der Waals surface area contributed by atoms with Gasteiger partial charge in [0.1, 0.15) is 0 Å². The van der Waals surface area contributed by atoms with Gasteiger partial charge in [0.25, 0.3) is 5.91 Å². The van der Waals surface area contributed by atoms with E-state index in [0.717, 1.165) is 19.3 Å². The Balaban J connectivity index is 1.68. The standard InChI is InChI=1S/C27H45N3O6S2/c1-8-11-26(6,36-7)22(28-16(3)31)21-18(24(33)37-9-2)14-19(29-21)23(32)30-20-13-17-10-12-27(20,25(17,4)5)15-38(30,34)35/h17-22,29H,8-15H2,1-7H3,(H,28,31)/t17-,18-,19+,20-,21-,22-,26+,27-/m1/s1. The number of hydrogen-bond donors (Lipinski definition) is 2. The highest BCUT2D eigenvalue weighted by molar-refractivity contribution is 8.13. The molecule has 8 atom stereocenters. The van der Waals surface area contributed by atoms with Crippen molar-refractivity contribution in [1.29, 1.82) is 0 Å². The number of methoxy groups -OCH3 is 1. The first-order valence-electron chi connectivity index (χ1n) is 14.0. The maximum Gasteiger partial charge on any atom is 0.253 e. The van der Waals surface area contributed by atoms with E-state index in [2.05, 4.69) is 24.5 Å². The summed E-state index contributed by atoms with van der Waals surface area (Å²) in [5.41, 5.74) is -1.34. The molecular formula is C27H45N3O6S2. The summed E-state index contributed by atoms with van der Waals surface area (Å²) in [6.07, 6.45) is 4.15. The molecule has 4 aliphatic rings. The van der Waals surface area contributed by atoms with Gasteiger partial charge in [0, 0.05) is 31.4 Å². The zero-order valence-electron chi connectivity index (χ0n) is 23.8. The van der Waals surface area contributed by atoms with Crippen LogP contribution in [0, 0.1) is 22.7 Å². The van der Waals surface area contributed by atoms with Gasteiger partial charge in [-0.15, -0.1) is 0 Å². The molecule has 0 aromatic heterocycles. The second kappa shape index (κ2) is 10.3. The molecular weight excluding hydrogens is 526 g/mol. The van der Waals surface area contributed by atoms with Gasteiger partial charge in [-0.3, -0.25) is 14.4 Å². The Morgan fingerprint density at radius 2 is 1.92 bits per heavy atom. The minimum Gasteiger partial charge on any atom is -0.376 e. The second-order valence-corrected chi connectivity index (χ2v) is 15.7. The summed E-state index contributed by atoms with van der Waals surface area (Å²) in [6, 6.07) is -2.33. The molecule has 2 saturated carbocycles. The third-order valence-electron chi connectivity index (χ3n) is 10.4. The SMILES string of the molecule is CCC[C@](C)(OC)[C@H](NC(C)=O)[C@@H]1N[C@H](C(=O)N2[C@@H]3C[C@H]4CC[C@]3(CS2(=O)=O)C4(C)C)C[C@H]1C(=O)SCC. The van der Waals surface area contributed by atoms with Crippen LogP contribution in [0.4, 0.5) is 0 Å². The van der Waals surface area contributed by atoms with E-state index in [4.69, 9.17) is 4.74 Å². The monoisotopic (exact) mass is 571 g/mol. The molecule has 0 aromatic rings. The molecule has 2 amide bonds. The Kier molecular flexibility index (Phi) is 8.11. The minimum atomic E-state index is -3.78. The molecule has 0 aromatic carbocycles. The fourth-order valence-corrected chi connectivity index (χ4v) is 11.6. The Hall–Kier alpha value is -1.17. The average molecular weight is 572 g/mol. The molecule has 2 N–H and O–H groups in total. The number of thioether (sulfide) groups is 1. The highest BCUT2D eigenvalue weighted by Gasteiger charge is 2.72. The Labute approximate surface area is 232 Å². The van der Waals surface area contributed by atoms with Crippen molar-refractivity contribution in [2.75, 3.05) is 18.6 Å². The number of rotatable bonds is 9. The van der Waals surface area contributed by atoms with Crippen LogP contribution in [0.25, 0.3) is 0 Å². The summed E-state index contributed by atoms with van der Waals surface area (Å²) in [5.74, 6) is -0.298. The predicted octanol–water partition coefficient (Wildman–Crippen LogP) is 2.69. The number of carbonyl (C=O) groups is 3. The number of fused-ring (bicyclic) bond motifs is 1. The summed E-state index contributed by atoms with van der Waals surface area (Å²) in [4.78, 5) is 39.7. The molecule has 1 spiro atoms. The van der Waals surface area contributed by atoms with E-state index in [1.807, 2.05) is 20.8 Å². The number of nitrogens with zero attached hydrogens (tertiary/aromatic N) is 1. The van der Waals surface area contributed by atoms with Crippen LogP contribution in [0.2, 0.25) is 0 Å². The number of amides is 2. The van der Waals surface area contributed by atoms with Gasteiger partial charge in [-0.25, -0.2) is 12.7 Å². The van der Waals surface area contributed by atoms with Gasteiger partial charge >= 0.3 is 0 Å². The highest BCUT2D eigenvalue weighted by atomic mass is 32.2. The van der Waals surface area contributed by atoms with Gasteiger partial charge in [-0.05, 0) is 56.1 Å². The van der Waals surface area contributed by atoms with Crippen LogP contribution in [0.5, 0.6) is 0 Å². The number of carbonyl (C=O) groups excluding carboxylic acids is 3. The molecule has 0 radical (unpaired) electrons. The zero-order valence-corrected chi connectivity index (χ0v) is 25.5. The number of nitrogens with one attached hydrogen (secondary N) is 2. The molecule has 4 rings (SSSR count). The largest absolute Gasteiger partial charge is 0.376 e. The lowest BCUT2D eigenvalue weighted by molar-refractivity contribution is -0.131. The van der Waals surface area contributed by atoms with Crippen molar-refractivity contribution in [2.24, 2.45) is 22.7 Å². The van der Waals surface area contributed by atoms with E-state index in [1.54, 1.807) is 7.11 Å². The van der Waals surface area contributed by atoms with E-state index in [1.165, 1.54) is 23.0 Å². The maximum absolute atomic E-state index is 14.1. The zero-order chi connectivity index (χ0) is 28.3. The maximum atomic E-state index is 14.1. The fourth-order valence-electron chi connectivity index (χ4n) is 8.26. The van der Waals surface area contributed by atoms with Crippen LogP contribution in [-0.4, -0.2) is 78.0 Å². The summed E-state index contributed by atoms with van der Waals surface area (Å²) in [6.45, 7) is 11.6. The van der Waals surface area contributed by atoms with E-state index in [9.17, 15) is 22.8 Å². The molecule has 0 unspecified atom stereocenters. The van der Waals surface area contributed by atoms with Gasteiger partial charge in [-0.1, -0.05) is 45.9 Å². The van der Waals surface area contributed by atoms with E-state index in [-0.39, 0.29) is 34.7 Å². The molecule has 11 heteroatoms. The summed E-state index contributed by atoms with van der Waals surface area (Å²) in [7, 11) is -2.19. The van der Waals surface area contributed by atoms with Gasteiger partial charge < -0.3 is 15.4 Å². The normalized spacial score (nSPS) is 37.0. The van der Waals surface area contributed by atoms with Gasteiger partial charge in [0.2, 0.25) is 15.9 Å². The molecule has 2 aliphatic heterocycles. The lowest BCUT2D eigenvalue weighted by Gasteiger charge is -2.42. The average Bonchev–Trinajstić information content (AvgIpc) is 3.50. The van der Waals surface area contributed by atoms with Crippen molar-refractivity contribution in [2.45, 2.75) is 110 Å². The molecule has 38 heavy (non-hydrogen) atoms. The van der Waals surface area contributed by atoms with Crippen LogP contribution in [-0.2, 0) is 29.1 Å². The van der Waals surface area contributed by atoms with Crippen molar-refractivity contribution in [1.82, 2.24) is 14.9 Å². The van der Waals surface area contributed by atoms with Crippen LogP contribution < -0.4 is 10.6 Å². The fraction of sp³-hybridized carbons (Fsp3) is 0.889. The van der Waals surface area contributed by atoms with E-state index < -0.39 is 51.0 Å². The molecule has 216 valence electrons. The number of sulfonamides is 1. The van der Waals surface area contributed by atoms with Crippen molar-refractivity contribution in [3.8, 4) is 0 Å².